The highest BCUT2D eigenvalue weighted by atomic mass is 16.5. The molecular weight excluding hydrogens is 154 g/mol. The van der Waals surface area contributed by atoms with Crippen LogP contribution in [0.5, 0.6) is 5.75 Å². The monoisotopic (exact) mass is 165 g/mol. The first kappa shape index (κ1) is 7.21. The number of ether oxygens (including phenoxy) is 1. The van der Waals surface area contributed by atoms with E-state index >= 15 is 0 Å². The van der Waals surface area contributed by atoms with E-state index in [-0.39, 0.29) is 0 Å². The van der Waals surface area contributed by atoms with E-state index in [1.165, 1.54) is 0 Å². The predicted octanol–water partition coefficient (Wildman–Crippen LogP) is 0.492. The lowest BCUT2D eigenvalue weighted by atomic mass is 10.3. The zero-order valence-corrected chi connectivity index (χ0v) is 6.95. The maximum atomic E-state index is 5.71. The second-order valence-corrected chi connectivity index (χ2v) is 2.82. The number of anilines is 2. The van der Waals surface area contributed by atoms with Crippen molar-refractivity contribution in [1.29, 1.82) is 0 Å². The van der Waals surface area contributed by atoms with Crippen molar-refractivity contribution in [3.05, 3.63) is 12.3 Å². The summed E-state index contributed by atoms with van der Waals surface area (Å²) in [6, 6.07) is 1.75. The van der Waals surface area contributed by atoms with Crippen LogP contribution in [0.4, 0.5) is 11.5 Å². The summed E-state index contributed by atoms with van der Waals surface area (Å²) in [6.07, 6.45) is 1.69. The molecule has 0 saturated heterocycles. The van der Waals surface area contributed by atoms with Gasteiger partial charge >= 0.3 is 0 Å². The lowest BCUT2D eigenvalue weighted by Gasteiger charge is -2.26. The topological polar surface area (TPSA) is 51.4 Å². The summed E-state index contributed by atoms with van der Waals surface area (Å²) in [4.78, 5) is 6.22. The van der Waals surface area contributed by atoms with Gasteiger partial charge in [0.2, 0.25) is 0 Å². The third-order valence-corrected chi connectivity index (χ3v) is 1.95. The zero-order chi connectivity index (χ0) is 8.55. The van der Waals surface area contributed by atoms with Crippen LogP contribution in [0.15, 0.2) is 12.3 Å². The molecule has 1 aromatic rings. The predicted molar refractivity (Wildman–Crippen MR) is 47.4 cm³/mol. The molecule has 64 valence electrons. The smallest absolute Gasteiger partial charge is 0.184 e. The number of hydrogen-bond donors (Lipinski definition) is 1. The van der Waals surface area contributed by atoms with Crippen molar-refractivity contribution in [2.45, 2.75) is 0 Å². The number of fused-ring (bicyclic) bond motifs is 1. The Kier molecular flexibility index (Phi) is 1.53. The molecule has 0 amide bonds. The summed E-state index contributed by atoms with van der Waals surface area (Å²) in [5.74, 6) is 1.55. The molecule has 0 unspecified atom stereocenters. The summed E-state index contributed by atoms with van der Waals surface area (Å²) < 4.78 is 5.40. The Labute approximate surface area is 71.0 Å². The highest BCUT2D eigenvalue weighted by Gasteiger charge is 2.17. The van der Waals surface area contributed by atoms with E-state index in [4.69, 9.17) is 10.5 Å². The summed E-state index contributed by atoms with van der Waals surface area (Å²) in [5.41, 5.74) is 6.37. The van der Waals surface area contributed by atoms with Gasteiger partial charge in [-0.3, -0.25) is 0 Å². The largest absolute Gasteiger partial charge is 0.486 e. The summed E-state index contributed by atoms with van der Waals surface area (Å²) >= 11 is 0. The molecule has 0 aromatic carbocycles. The van der Waals surface area contributed by atoms with Crippen LogP contribution in [0.1, 0.15) is 0 Å². The van der Waals surface area contributed by atoms with Gasteiger partial charge in [-0.2, -0.15) is 0 Å². The number of rotatable bonds is 0. The SMILES string of the molecule is CN1CCOc2c(N)ccnc21. The average Bonchev–Trinajstić information content (AvgIpc) is 2.07. The van der Waals surface area contributed by atoms with E-state index in [0.29, 0.717) is 18.0 Å². The van der Waals surface area contributed by atoms with Gasteiger partial charge in [0.05, 0.1) is 12.2 Å². The minimum Gasteiger partial charge on any atom is -0.486 e. The van der Waals surface area contributed by atoms with Crippen LogP contribution in [0.2, 0.25) is 0 Å². The Morgan fingerprint density at radius 2 is 2.50 bits per heavy atom. The second-order valence-electron chi connectivity index (χ2n) is 2.82. The zero-order valence-electron chi connectivity index (χ0n) is 6.95. The molecule has 4 heteroatoms. The second kappa shape index (κ2) is 2.55. The highest BCUT2D eigenvalue weighted by molar-refractivity contribution is 5.66. The van der Waals surface area contributed by atoms with E-state index in [1.807, 2.05) is 11.9 Å². The fraction of sp³-hybridized carbons (Fsp3) is 0.375. The van der Waals surface area contributed by atoms with Gasteiger partial charge in [0.15, 0.2) is 11.6 Å². The molecule has 0 fully saturated rings. The molecule has 2 N–H and O–H groups in total. The fourth-order valence-corrected chi connectivity index (χ4v) is 1.26. The molecule has 0 saturated carbocycles. The van der Waals surface area contributed by atoms with Crippen LogP contribution >= 0.6 is 0 Å². The molecule has 0 aliphatic carbocycles. The first-order valence-corrected chi connectivity index (χ1v) is 3.87. The number of hydrogen-bond acceptors (Lipinski definition) is 4. The minimum atomic E-state index is 0.659. The number of pyridine rings is 1. The van der Waals surface area contributed by atoms with Gasteiger partial charge in [-0.1, -0.05) is 0 Å². The van der Waals surface area contributed by atoms with Crippen molar-refractivity contribution in [1.82, 2.24) is 4.98 Å². The van der Waals surface area contributed by atoms with Crippen molar-refractivity contribution in [3.8, 4) is 5.75 Å². The van der Waals surface area contributed by atoms with Gasteiger partial charge in [-0.15, -0.1) is 0 Å². The first-order valence-electron chi connectivity index (χ1n) is 3.87. The molecule has 12 heavy (non-hydrogen) atoms. The standard InChI is InChI=1S/C8H11N3O/c1-11-4-5-12-7-6(9)2-3-10-8(7)11/h2-3H,4-5H2,1H3,(H2,9,10). The molecule has 2 rings (SSSR count). The normalized spacial score (nSPS) is 15.2. The molecule has 2 heterocycles. The van der Waals surface area contributed by atoms with Crippen LogP contribution in [0.25, 0.3) is 0 Å². The van der Waals surface area contributed by atoms with Gasteiger partial charge in [0.1, 0.15) is 6.61 Å². The average molecular weight is 165 g/mol. The van der Waals surface area contributed by atoms with Crippen molar-refractivity contribution in [2.24, 2.45) is 0 Å². The summed E-state index contributed by atoms with van der Waals surface area (Å²) in [7, 11) is 1.98. The van der Waals surface area contributed by atoms with E-state index in [1.54, 1.807) is 12.3 Å². The molecule has 0 bridgehead atoms. The van der Waals surface area contributed by atoms with Gasteiger partial charge in [0, 0.05) is 13.2 Å². The first-order chi connectivity index (χ1) is 5.79. The maximum Gasteiger partial charge on any atom is 0.184 e. The van der Waals surface area contributed by atoms with Crippen molar-refractivity contribution >= 4 is 11.5 Å². The third-order valence-electron chi connectivity index (χ3n) is 1.95. The molecule has 1 aliphatic heterocycles. The Balaban J connectivity index is 2.52. The number of nitrogens with two attached hydrogens (primary N) is 1. The van der Waals surface area contributed by atoms with Crippen LogP contribution in [-0.4, -0.2) is 25.2 Å². The molecular formula is C8H11N3O. The number of nitrogens with zero attached hydrogens (tertiary/aromatic N) is 2. The highest BCUT2D eigenvalue weighted by Crippen LogP contribution is 2.33. The van der Waals surface area contributed by atoms with Gasteiger partial charge in [-0.25, -0.2) is 4.98 Å². The van der Waals surface area contributed by atoms with Crippen LogP contribution < -0.4 is 15.4 Å². The third kappa shape index (κ3) is 0.958. The number of likely N-dealkylation sites (N-methyl/N-ethyl adjacent to an activating group) is 1. The fourth-order valence-electron chi connectivity index (χ4n) is 1.26. The van der Waals surface area contributed by atoms with Crippen LogP contribution in [0.3, 0.4) is 0 Å². The lowest BCUT2D eigenvalue weighted by molar-refractivity contribution is 0.311. The lowest BCUT2D eigenvalue weighted by Crippen LogP contribution is -2.30. The number of nitrogen functional groups attached to an aromatic ring is 1. The molecule has 1 aromatic heterocycles. The van der Waals surface area contributed by atoms with Gasteiger partial charge in [0.25, 0.3) is 0 Å². The van der Waals surface area contributed by atoms with Crippen molar-refractivity contribution < 1.29 is 4.74 Å². The molecule has 0 spiro atoms. The number of aromatic nitrogens is 1. The van der Waals surface area contributed by atoms with Gasteiger partial charge < -0.3 is 15.4 Å². The molecule has 0 radical (unpaired) electrons. The van der Waals surface area contributed by atoms with Crippen molar-refractivity contribution in [3.63, 3.8) is 0 Å². The van der Waals surface area contributed by atoms with Crippen LogP contribution in [0, 0.1) is 0 Å². The van der Waals surface area contributed by atoms with E-state index < -0.39 is 0 Å². The molecule has 4 nitrogen and oxygen atoms in total. The summed E-state index contributed by atoms with van der Waals surface area (Å²) in [6.45, 7) is 1.54. The van der Waals surface area contributed by atoms with Crippen LogP contribution in [-0.2, 0) is 0 Å². The van der Waals surface area contributed by atoms with E-state index in [9.17, 15) is 0 Å². The minimum absolute atomic E-state index is 0.659. The van der Waals surface area contributed by atoms with E-state index in [2.05, 4.69) is 4.98 Å². The Hall–Kier alpha value is -1.45. The van der Waals surface area contributed by atoms with E-state index in [0.717, 1.165) is 12.4 Å². The molecule has 0 atom stereocenters. The quantitative estimate of drug-likeness (QED) is 0.608. The molecule has 1 aliphatic rings. The van der Waals surface area contributed by atoms with Gasteiger partial charge in [-0.05, 0) is 6.07 Å². The Morgan fingerprint density at radius 3 is 3.25 bits per heavy atom. The Bertz CT molecular complexity index is 300. The van der Waals surface area contributed by atoms with Crippen molar-refractivity contribution in [2.75, 3.05) is 30.8 Å². The maximum absolute atomic E-state index is 5.71. The summed E-state index contributed by atoms with van der Waals surface area (Å²) in [5, 5.41) is 0. The Morgan fingerprint density at radius 1 is 1.67 bits per heavy atom.